The largest absolute Gasteiger partial charge is 0.506 e. The van der Waals surface area contributed by atoms with E-state index in [1.54, 1.807) is 37.3 Å². The van der Waals surface area contributed by atoms with Crippen molar-refractivity contribution >= 4 is 54.9 Å². The second kappa shape index (κ2) is 7.61. The molecule has 0 saturated carbocycles. The Labute approximate surface area is 181 Å². The first kappa shape index (κ1) is 19.6. The molecule has 0 fully saturated rings. The molecule has 5 nitrogen and oxygen atoms in total. The van der Waals surface area contributed by atoms with Gasteiger partial charge in [-0.3, -0.25) is 4.99 Å². The molecular formula is C21H13Br2FN2O3. The molecule has 4 rings (SSSR count). The predicted octanol–water partition coefficient (Wildman–Crippen LogP) is 6.63. The Hall–Kier alpha value is -2.71. The van der Waals surface area contributed by atoms with Crippen molar-refractivity contribution in [3.8, 4) is 23.0 Å². The van der Waals surface area contributed by atoms with Crippen molar-refractivity contribution < 1.29 is 19.0 Å². The highest BCUT2D eigenvalue weighted by molar-refractivity contribution is 9.11. The number of phenols is 2. The van der Waals surface area contributed by atoms with Crippen molar-refractivity contribution in [1.82, 2.24) is 4.98 Å². The minimum atomic E-state index is -0.364. The molecule has 0 radical (unpaired) electrons. The summed E-state index contributed by atoms with van der Waals surface area (Å²) in [7, 11) is 0. The maximum Gasteiger partial charge on any atom is 0.227 e. The fourth-order valence-corrected chi connectivity index (χ4v) is 3.93. The molecule has 1 heterocycles. The van der Waals surface area contributed by atoms with E-state index in [2.05, 4.69) is 41.8 Å². The Kier molecular flexibility index (Phi) is 5.14. The summed E-state index contributed by atoms with van der Waals surface area (Å²) < 4.78 is 19.8. The number of benzene rings is 3. The smallest absolute Gasteiger partial charge is 0.227 e. The molecule has 29 heavy (non-hydrogen) atoms. The maximum atomic E-state index is 13.4. The predicted molar refractivity (Wildman–Crippen MR) is 117 cm³/mol. The highest BCUT2D eigenvalue weighted by Gasteiger charge is 2.17. The van der Waals surface area contributed by atoms with E-state index in [9.17, 15) is 14.6 Å². The van der Waals surface area contributed by atoms with Gasteiger partial charge in [0.2, 0.25) is 5.89 Å². The van der Waals surface area contributed by atoms with Gasteiger partial charge in [0, 0.05) is 17.3 Å². The van der Waals surface area contributed by atoms with Gasteiger partial charge in [-0.1, -0.05) is 6.07 Å². The molecular weight excluding hydrogens is 507 g/mol. The molecule has 0 aliphatic carbocycles. The quantitative estimate of drug-likeness (QED) is 0.298. The first-order valence-electron chi connectivity index (χ1n) is 8.45. The molecule has 146 valence electrons. The lowest BCUT2D eigenvalue weighted by molar-refractivity contribution is 0.441. The van der Waals surface area contributed by atoms with Crippen molar-refractivity contribution in [1.29, 1.82) is 0 Å². The molecule has 0 spiro atoms. The van der Waals surface area contributed by atoms with Crippen LogP contribution in [0.25, 0.3) is 22.6 Å². The van der Waals surface area contributed by atoms with E-state index in [1.807, 2.05) is 0 Å². The van der Waals surface area contributed by atoms with Gasteiger partial charge < -0.3 is 14.6 Å². The monoisotopic (exact) mass is 518 g/mol. The van der Waals surface area contributed by atoms with E-state index >= 15 is 0 Å². The third-order valence-corrected chi connectivity index (χ3v) is 6.12. The molecule has 0 saturated heterocycles. The summed E-state index contributed by atoms with van der Waals surface area (Å²) >= 11 is 6.46. The molecule has 0 aliphatic heterocycles. The number of nitrogens with zero attached hydrogens (tertiary/aromatic N) is 2. The Bertz CT molecular complexity index is 1260. The van der Waals surface area contributed by atoms with Crippen LogP contribution in [0.5, 0.6) is 11.5 Å². The number of hydrogen-bond donors (Lipinski definition) is 2. The number of phenolic OH excluding ortho intramolecular Hbond substituents is 2. The van der Waals surface area contributed by atoms with Gasteiger partial charge in [-0.25, -0.2) is 9.37 Å². The highest BCUT2D eigenvalue weighted by atomic mass is 79.9. The third kappa shape index (κ3) is 3.65. The number of halogens is 3. The summed E-state index contributed by atoms with van der Waals surface area (Å²) in [6.45, 7) is 1.75. The van der Waals surface area contributed by atoms with Crippen LogP contribution in [0.4, 0.5) is 10.1 Å². The van der Waals surface area contributed by atoms with Crippen molar-refractivity contribution in [2.75, 3.05) is 0 Å². The van der Waals surface area contributed by atoms with Gasteiger partial charge in [-0.2, -0.15) is 0 Å². The number of oxazole rings is 1. The van der Waals surface area contributed by atoms with Crippen LogP contribution in [0.3, 0.4) is 0 Å². The lowest BCUT2D eigenvalue weighted by Gasteiger charge is -2.10. The summed E-state index contributed by atoms with van der Waals surface area (Å²) in [5.74, 6) is -0.231. The van der Waals surface area contributed by atoms with E-state index in [0.717, 1.165) is 0 Å². The van der Waals surface area contributed by atoms with E-state index in [4.69, 9.17) is 4.42 Å². The minimum Gasteiger partial charge on any atom is -0.506 e. The van der Waals surface area contributed by atoms with Crippen LogP contribution in [0.15, 0.2) is 60.8 Å². The number of fused-ring (bicyclic) bond motifs is 1. The number of hydrogen-bond acceptors (Lipinski definition) is 5. The van der Waals surface area contributed by atoms with Gasteiger partial charge in [0.25, 0.3) is 0 Å². The highest BCUT2D eigenvalue weighted by Crippen LogP contribution is 2.43. The summed E-state index contributed by atoms with van der Waals surface area (Å²) in [5.41, 5.74) is 3.37. The van der Waals surface area contributed by atoms with Crippen molar-refractivity contribution in [2.24, 2.45) is 4.99 Å². The molecule has 3 aromatic carbocycles. The Morgan fingerprint density at radius 2 is 1.86 bits per heavy atom. The second-order valence-electron chi connectivity index (χ2n) is 6.30. The van der Waals surface area contributed by atoms with Crippen molar-refractivity contribution in [3.63, 3.8) is 0 Å². The standard InChI is InChI=1S/C21H13Br2FN2O3/c1-10-14(19(27)18(23)20(28)17(10)22)9-25-13-5-6-16-15(8-13)26-21(29-16)11-3-2-4-12(24)7-11/h2-9,27-28H,1H3. The molecule has 0 bridgehead atoms. The van der Waals surface area contributed by atoms with E-state index in [1.165, 1.54) is 18.3 Å². The maximum absolute atomic E-state index is 13.4. The SMILES string of the molecule is Cc1c(Br)c(O)c(Br)c(O)c1C=Nc1ccc2oc(-c3cccc(F)c3)nc2c1. The van der Waals surface area contributed by atoms with Crippen LogP contribution >= 0.6 is 31.9 Å². The first-order chi connectivity index (χ1) is 13.8. The summed E-state index contributed by atoms with van der Waals surface area (Å²) in [6, 6.07) is 11.2. The topological polar surface area (TPSA) is 78.9 Å². The molecule has 0 aliphatic rings. The Morgan fingerprint density at radius 3 is 2.62 bits per heavy atom. The average Bonchev–Trinajstić information content (AvgIpc) is 3.14. The Balaban J connectivity index is 1.71. The third-order valence-electron chi connectivity index (χ3n) is 4.40. The second-order valence-corrected chi connectivity index (χ2v) is 7.89. The van der Waals surface area contributed by atoms with Gasteiger partial charge in [-0.05, 0) is 80.7 Å². The lowest BCUT2D eigenvalue weighted by atomic mass is 10.1. The van der Waals surface area contributed by atoms with Crippen molar-refractivity contribution in [2.45, 2.75) is 6.92 Å². The molecule has 0 amide bonds. The first-order valence-corrected chi connectivity index (χ1v) is 10.0. The number of aliphatic imine (C=N–C) groups is 1. The normalized spacial score (nSPS) is 11.6. The number of rotatable bonds is 3. The van der Waals surface area contributed by atoms with E-state index < -0.39 is 0 Å². The van der Waals surface area contributed by atoms with Crippen molar-refractivity contribution in [3.05, 3.63) is 68.4 Å². The number of aromatic nitrogens is 1. The fourth-order valence-electron chi connectivity index (χ4n) is 2.84. The van der Waals surface area contributed by atoms with Gasteiger partial charge in [0.1, 0.15) is 27.3 Å². The zero-order chi connectivity index (χ0) is 20.7. The zero-order valence-electron chi connectivity index (χ0n) is 14.9. The van der Waals surface area contributed by atoms with E-state index in [-0.39, 0.29) is 21.8 Å². The minimum absolute atomic E-state index is 0.0777. The fraction of sp³-hybridized carbons (Fsp3) is 0.0476. The molecule has 2 N–H and O–H groups in total. The van der Waals surface area contributed by atoms with Gasteiger partial charge >= 0.3 is 0 Å². The summed E-state index contributed by atoms with van der Waals surface area (Å²) in [6.07, 6.45) is 1.51. The number of aromatic hydroxyl groups is 2. The Morgan fingerprint density at radius 1 is 1.07 bits per heavy atom. The molecule has 4 aromatic rings. The average molecular weight is 520 g/mol. The van der Waals surface area contributed by atoms with Crippen LogP contribution in [-0.2, 0) is 0 Å². The summed E-state index contributed by atoms with van der Waals surface area (Å²) in [4.78, 5) is 8.82. The zero-order valence-corrected chi connectivity index (χ0v) is 18.1. The van der Waals surface area contributed by atoms with Gasteiger partial charge in [0.15, 0.2) is 5.58 Å². The molecule has 0 unspecified atom stereocenters. The van der Waals surface area contributed by atoms with Crippen LogP contribution in [0.2, 0.25) is 0 Å². The van der Waals surface area contributed by atoms with Crippen LogP contribution in [-0.4, -0.2) is 21.4 Å². The summed E-state index contributed by atoms with van der Waals surface area (Å²) in [5, 5.41) is 20.3. The van der Waals surface area contributed by atoms with Crippen LogP contribution in [0.1, 0.15) is 11.1 Å². The van der Waals surface area contributed by atoms with Crippen LogP contribution < -0.4 is 0 Å². The van der Waals surface area contributed by atoms with Gasteiger partial charge in [0.05, 0.1) is 10.2 Å². The molecule has 8 heteroatoms. The lowest BCUT2D eigenvalue weighted by Crippen LogP contribution is -1.92. The van der Waals surface area contributed by atoms with Gasteiger partial charge in [-0.15, -0.1) is 0 Å². The molecule has 1 aromatic heterocycles. The van der Waals surface area contributed by atoms with E-state index in [0.29, 0.717) is 43.8 Å². The van der Waals surface area contributed by atoms with Crippen LogP contribution in [0, 0.1) is 12.7 Å². The molecule has 0 atom stereocenters.